The first-order chi connectivity index (χ1) is 18.9. The van der Waals surface area contributed by atoms with Gasteiger partial charge < -0.3 is 24.4 Å². The number of nitrogens with one attached hydrogen (secondary N) is 1. The summed E-state index contributed by atoms with van der Waals surface area (Å²) in [4.78, 5) is 29.2. The van der Waals surface area contributed by atoms with Crippen molar-refractivity contribution in [2.45, 2.75) is 93.1 Å². The average molecular weight is 560 g/mol. The lowest BCUT2D eigenvalue weighted by Crippen LogP contribution is -2.64. The summed E-state index contributed by atoms with van der Waals surface area (Å²) in [5.74, 6) is 0.197. The number of rotatable bonds is 4. The molecule has 39 heavy (non-hydrogen) atoms. The molecule has 2 amide bonds. The molecule has 4 unspecified atom stereocenters. The number of carbonyl (C=O) groups is 2. The summed E-state index contributed by atoms with van der Waals surface area (Å²) in [7, 11) is 0. The number of piperazine rings is 1. The molecule has 4 atom stereocenters. The molecule has 2 aliphatic carbocycles. The van der Waals surface area contributed by atoms with E-state index in [0.717, 1.165) is 24.8 Å². The average Bonchev–Trinajstić information content (AvgIpc) is 3.30. The standard InChI is InChI=1S/C30H42ClN3O5/c31-24-12-13-25-30(18-24,23-6-4-2-1-3-5-7-23)39-26(32-25)21-8-10-22(11-9-21)27(35)33-14-16-34(17-15-33)28(36)29(37)19-38-20-29/h8-11,23-26,32,37H,1-7,12-20H2. The van der Waals surface area contributed by atoms with E-state index in [1.54, 1.807) is 9.80 Å². The molecule has 214 valence electrons. The Bertz CT molecular complexity index is 1030. The first kappa shape index (κ1) is 27.5. The monoisotopic (exact) mass is 559 g/mol. The molecule has 5 aliphatic rings. The Hall–Kier alpha value is -1.71. The third-order valence-electron chi connectivity index (χ3n) is 9.78. The summed E-state index contributed by atoms with van der Waals surface area (Å²) in [5.41, 5.74) is 0.0743. The zero-order valence-corrected chi connectivity index (χ0v) is 23.5. The Morgan fingerprint density at radius 2 is 1.54 bits per heavy atom. The van der Waals surface area contributed by atoms with Gasteiger partial charge in [0.05, 0.1) is 18.8 Å². The number of fused-ring (bicyclic) bond motifs is 1. The molecular weight excluding hydrogens is 518 g/mol. The van der Waals surface area contributed by atoms with Crippen molar-refractivity contribution < 1.29 is 24.2 Å². The molecule has 9 heteroatoms. The van der Waals surface area contributed by atoms with E-state index >= 15 is 0 Å². The lowest BCUT2D eigenvalue weighted by molar-refractivity contribution is -0.201. The molecule has 6 rings (SSSR count). The number of halogens is 1. The predicted octanol–water partition coefficient (Wildman–Crippen LogP) is 3.61. The molecule has 3 heterocycles. The predicted molar refractivity (Wildman–Crippen MR) is 147 cm³/mol. The molecule has 1 aromatic rings. The van der Waals surface area contributed by atoms with E-state index in [1.165, 1.54) is 44.9 Å². The van der Waals surface area contributed by atoms with Gasteiger partial charge in [-0.3, -0.25) is 14.9 Å². The van der Waals surface area contributed by atoms with Gasteiger partial charge in [0.25, 0.3) is 11.8 Å². The van der Waals surface area contributed by atoms with Crippen LogP contribution in [0.4, 0.5) is 0 Å². The molecule has 0 radical (unpaired) electrons. The van der Waals surface area contributed by atoms with Gasteiger partial charge in [-0.1, -0.05) is 44.2 Å². The van der Waals surface area contributed by atoms with Crippen LogP contribution in [0.15, 0.2) is 24.3 Å². The maximum atomic E-state index is 13.2. The Labute approximate surface area is 236 Å². The quantitative estimate of drug-likeness (QED) is 0.548. The van der Waals surface area contributed by atoms with Gasteiger partial charge in [0.1, 0.15) is 6.23 Å². The Morgan fingerprint density at radius 1 is 0.897 bits per heavy atom. The van der Waals surface area contributed by atoms with Crippen molar-refractivity contribution in [2.24, 2.45) is 5.92 Å². The van der Waals surface area contributed by atoms with Crippen LogP contribution < -0.4 is 5.32 Å². The van der Waals surface area contributed by atoms with Gasteiger partial charge in [-0.25, -0.2) is 0 Å². The van der Waals surface area contributed by atoms with Crippen LogP contribution in [-0.2, 0) is 14.3 Å². The summed E-state index contributed by atoms with van der Waals surface area (Å²) in [6, 6.07) is 8.12. The van der Waals surface area contributed by atoms with Crippen molar-refractivity contribution in [3.8, 4) is 0 Å². The first-order valence-corrected chi connectivity index (χ1v) is 15.4. The van der Waals surface area contributed by atoms with Crippen molar-refractivity contribution in [3.05, 3.63) is 35.4 Å². The number of benzene rings is 1. The Balaban J connectivity index is 1.10. The normalized spacial score (nSPS) is 33.5. The number of ether oxygens (including phenoxy) is 2. The van der Waals surface area contributed by atoms with Crippen LogP contribution in [-0.4, -0.2) is 88.7 Å². The zero-order chi connectivity index (χ0) is 27.0. The van der Waals surface area contributed by atoms with Crippen molar-refractivity contribution in [3.63, 3.8) is 0 Å². The van der Waals surface area contributed by atoms with Gasteiger partial charge >= 0.3 is 0 Å². The molecule has 0 aromatic heterocycles. The fourth-order valence-corrected chi connectivity index (χ4v) is 7.81. The highest BCUT2D eigenvalue weighted by Gasteiger charge is 2.55. The van der Waals surface area contributed by atoms with Gasteiger partial charge in [0.15, 0.2) is 5.60 Å². The summed E-state index contributed by atoms with van der Waals surface area (Å²) in [5, 5.41) is 14.2. The number of amides is 2. The summed E-state index contributed by atoms with van der Waals surface area (Å²) < 4.78 is 12.0. The molecule has 3 saturated heterocycles. The second-order valence-electron chi connectivity index (χ2n) is 12.3. The van der Waals surface area contributed by atoms with Crippen molar-refractivity contribution >= 4 is 23.4 Å². The van der Waals surface area contributed by atoms with Crippen molar-refractivity contribution in [1.29, 1.82) is 0 Å². The lowest BCUT2D eigenvalue weighted by atomic mass is 9.68. The second-order valence-corrected chi connectivity index (χ2v) is 12.9. The summed E-state index contributed by atoms with van der Waals surface area (Å²) >= 11 is 6.76. The van der Waals surface area contributed by atoms with E-state index in [1.807, 2.05) is 24.3 Å². The highest BCUT2D eigenvalue weighted by molar-refractivity contribution is 6.20. The minimum absolute atomic E-state index is 0.0377. The van der Waals surface area contributed by atoms with E-state index in [9.17, 15) is 14.7 Å². The molecule has 2 N–H and O–H groups in total. The third-order valence-corrected chi connectivity index (χ3v) is 10.2. The van der Waals surface area contributed by atoms with Crippen LogP contribution >= 0.6 is 11.6 Å². The molecule has 8 nitrogen and oxygen atoms in total. The lowest BCUT2D eigenvalue weighted by Gasteiger charge is -2.46. The van der Waals surface area contributed by atoms with Crippen LogP contribution in [0, 0.1) is 5.92 Å². The van der Waals surface area contributed by atoms with Gasteiger partial charge in [-0.05, 0) is 55.7 Å². The zero-order valence-electron chi connectivity index (χ0n) is 22.8. The second kappa shape index (κ2) is 11.3. The number of alkyl halides is 1. The van der Waals surface area contributed by atoms with Crippen LogP contribution in [0.1, 0.15) is 86.4 Å². The number of nitrogens with zero attached hydrogens (tertiary/aromatic N) is 2. The summed E-state index contributed by atoms with van der Waals surface area (Å²) in [6.07, 6.45) is 11.7. The SMILES string of the molecule is O=C(c1ccc(C2NC3CCC(Cl)CC3(C3CCCCCCC3)O2)cc1)N1CCN(C(=O)C2(O)COC2)CC1. The number of hydrogen-bond donors (Lipinski definition) is 2. The fraction of sp³-hybridized carbons (Fsp3) is 0.733. The number of carbonyl (C=O) groups excluding carboxylic acids is 2. The molecule has 3 aliphatic heterocycles. The molecule has 1 aromatic carbocycles. The maximum absolute atomic E-state index is 13.2. The minimum Gasteiger partial charge on any atom is -0.376 e. The molecule has 0 bridgehead atoms. The van der Waals surface area contributed by atoms with Crippen LogP contribution in [0.2, 0.25) is 0 Å². The van der Waals surface area contributed by atoms with E-state index in [0.29, 0.717) is 43.7 Å². The molecule has 5 fully saturated rings. The number of aliphatic hydroxyl groups is 1. The van der Waals surface area contributed by atoms with Gasteiger partial charge in [0.2, 0.25) is 0 Å². The first-order valence-electron chi connectivity index (χ1n) is 14.9. The Kier molecular flexibility index (Phi) is 7.94. The van der Waals surface area contributed by atoms with E-state index < -0.39 is 5.60 Å². The van der Waals surface area contributed by atoms with Gasteiger partial charge in [0, 0.05) is 43.2 Å². The Morgan fingerprint density at radius 3 is 2.18 bits per heavy atom. The van der Waals surface area contributed by atoms with Crippen LogP contribution in [0.5, 0.6) is 0 Å². The van der Waals surface area contributed by atoms with Crippen LogP contribution in [0.25, 0.3) is 0 Å². The maximum Gasteiger partial charge on any atom is 0.259 e. The topological polar surface area (TPSA) is 91.3 Å². The van der Waals surface area contributed by atoms with Crippen LogP contribution in [0.3, 0.4) is 0 Å². The largest absolute Gasteiger partial charge is 0.376 e. The smallest absolute Gasteiger partial charge is 0.259 e. The van der Waals surface area contributed by atoms with Gasteiger partial charge in [-0.2, -0.15) is 0 Å². The number of hydrogen-bond acceptors (Lipinski definition) is 6. The van der Waals surface area contributed by atoms with E-state index in [-0.39, 0.29) is 42.2 Å². The van der Waals surface area contributed by atoms with Gasteiger partial charge in [-0.15, -0.1) is 11.6 Å². The van der Waals surface area contributed by atoms with E-state index in [4.69, 9.17) is 21.1 Å². The van der Waals surface area contributed by atoms with E-state index in [2.05, 4.69) is 5.32 Å². The molecule has 0 spiro atoms. The highest BCUT2D eigenvalue weighted by atomic mass is 35.5. The third kappa shape index (κ3) is 5.35. The minimum atomic E-state index is -1.39. The fourth-order valence-electron chi connectivity index (χ4n) is 7.44. The summed E-state index contributed by atoms with van der Waals surface area (Å²) in [6.45, 7) is 1.81. The molecule has 2 saturated carbocycles. The molecular formula is C30H42ClN3O5. The highest BCUT2D eigenvalue weighted by Crippen LogP contribution is 2.50. The van der Waals surface area contributed by atoms with Crippen molar-refractivity contribution in [1.82, 2.24) is 15.1 Å². The van der Waals surface area contributed by atoms with Crippen molar-refractivity contribution in [2.75, 3.05) is 39.4 Å².